The monoisotopic (exact) mass is 265 g/mol. The fourth-order valence-corrected chi connectivity index (χ4v) is 1.87. The lowest BCUT2D eigenvalue weighted by atomic mass is 10.2. The maximum atomic E-state index is 11.0. The number of benzene rings is 1. The van der Waals surface area contributed by atoms with Gasteiger partial charge in [-0.1, -0.05) is 23.7 Å². The minimum absolute atomic E-state index is 0.00916. The van der Waals surface area contributed by atoms with Crippen LogP contribution in [0, 0.1) is 6.92 Å². The summed E-state index contributed by atoms with van der Waals surface area (Å²) >= 11 is 5.96. The normalized spacial score (nSPS) is 10.6. The fraction of sp³-hybridized carbons (Fsp3) is 0.250. The quantitative estimate of drug-likeness (QED) is 0.926. The molecule has 1 N–H and O–H groups in total. The van der Waals surface area contributed by atoms with Crippen LogP contribution in [-0.2, 0) is 6.42 Å². The molecule has 0 aliphatic rings. The Morgan fingerprint density at radius 2 is 2.22 bits per heavy atom. The first-order chi connectivity index (χ1) is 8.54. The van der Waals surface area contributed by atoms with Crippen molar-refractivity contribution in [1.29, 1.82) is 0 Å². The standard InChI is InChI=1S/C12H12ClN3O2/c1-3-10-11(12(17)18)14-15-16(10)8-4-5-9(13)7(2)6-8/h4-6H,3H2,1-2H3,(H,17,18). The highest BCUT2D eigenvalue weighted by atomic mass is 35.5. The van der Waals surface area contributed by atoms with Gasteiger partial charge in [0.2, 0.25) is 0 Å². The van der Waals surface area contributed by atoms with Gasteiger partial charge in [0, 0.05) is 5.02 Å². The van der Waals surface area contributed by atoms with Crippen LogP contribution in [0.1, 0.15) is 28.7 Å². The van der Waals surface area contributed by atoms with Crippen LogP contribution in [0.5, 0.6) is 0 Å². The highest BCUT2D eigenvalue weighted by Crippen LogP contribution is 2.20. The van der Waals surface area contributed by atoms with Gasteiger partial charge in [-0.3, -0.25) is 0 Å². The van der Waals surface area contributed by atoms with Crippen molar-refractivity contribution in [1.82, 2.24) is 15.0 Å². The van der Waals surface area contributed by atoms with Gasteiger partial charge >= 0.3 is 5.97 Å². The van der Waals surface area contributed by atoms with Crippen LogP contribution in [0.4, 0.5) is 0 Å². The Morgan fingerprint density at radius 1 is 1.50 bits per heavy atom. The van der Waals surface area contributed by atoms with Crippen molar-refractivity contribution in [2.24, 2.45) is 0 Å². The topological polar surface area (TPSA) is 68.0 Å². The van der Waals surface area contributed by atoms with E-state index in [1.807, 2.05) is 19.9 Å². The van der Waals surface area contributed by atoms with Gasteiger partial charge in [0.25, 0.3) is 0 Å². The zero-order chi connectivity index (χ0) is 13.3. The minimum Gasteiger partial charge on any atom is -0.476 e. The number of carbonyl (C=O) groups is 1. The second-order valence-electron chi connectivity index (χ2n) is 3.89. The molecular weight excluding hydrogens is 254 g/mol. The average Bonchev–Trinajstić information content (AvgIpc) is 2.76. The molecule has 0 radical (unpaired) electrons. The van der Waals surface area contributed by atoms with Crippen molar-refractivity contribution in [2.45, 2.75) is 20.3 Å². The van der Waals surface area contributed by atoms with E-state index < -0.39 is 5.97 Å². The van der Waals surface area contributed by atoms with Gasteiger partial charge in [-0.15, -0.1) is 5.10 Å². The largest absolute Gasteiger partial charge is 0.476 e. The van der Waals surface area contributed by atoms with E-state index in [-0.39, 0.29) is 5.69 Å². The van der Waals surface area contributed by atoms with Crippen molar-refractivity contribution in [3.8, 4) is 5.69 Å². The van der Waals surface area contributed by atoms with Crippen LogP contribution in [0.15, 0.2) is 18.2 Å². The van der Waals surface area contributed by atoms with E-state index in [2.05, 4.69) is 10.3 Å². The SMILES string of the molecule is CCc1c(C(=O)O)nnn1-c1ccc(Cl)c(C)c1. The smallest absolute Gasteiger partial charge is 0.358 e. The summed E-state index contributed by atoms with van der Waals surface area (Å²) in [5.74, 6) is -1.07. The molecule has 0 spiro atoms. The number of hydrogen-bond donors (Lipinski definition) is 1. The van der Waals surface area contributed by atoms with Crippen LogP contribution in [0.25, 0.3) is 5.69 Å². The molecule has 1 aromatic heterocycles. The third-order valence-electron chi connectivity index (χ3n) is 2.69. The first kappa shape index (κ1) is 12.6. The summed E-state index contributed by atoms with van der Waals surface area (Å²) in [4.78, 5) is 11.0. The Labute approximate surface area is 109 Å². The molecule has 0 saturated heterocycles. The van der Waals surface area contributed by atoms with E-state index in [9.17, 15) is 4.79 Å². The molecule has 0 aliphatic heterocycles. The molecule has 0 fully saturated rings. The molecule has 2 aromatic rings. The maximum absolute atomic E-state index is 11.0. The summed E-state index contributed by atoms with van der Waals surface area (Å²) in [5, 5.41) is 17.3. The number of aromatic nitrogens is 3. The number of nitrogens with zero attached hydrogens (tertiary/aromatic N) is 3. The highest BCUT2D eigenvalue weighted by Gasteiger charge is 2.18. The van der Waals surface area contributed by atoms with E-state index in [0.29, 0.717) is 17.1 Å². The Balaban J connectivity index is 2.57. The number of halogens is 1. The Morgan fingerprint density at radius 3 is 2.78 bits per heavy atom. The zero-order valence-corrected chi connectivity index (χ0v) is 10.8. The molecule has 94 valence electrons. The summed E-state index contributed by atoms with van der Waals surface area (Å²) < 4.78 is 1.53. The number of rotatable bonds is 3. The van der Waals surface area contributed by atoms with E-state index in [1.165, 1.54) is 4.68 Å². The lowest BCUT2D eigenvalue weighted by Gasteiger charge is -2.06. The number of aryl methyl sites for hydroxylation is 1. The first-order valence-electron chi connectivity index (χ1n) is 5.49. The van der Waals surface area contributed by atoms with Gasteiger partial charge in [0.05, 0.1) is 11.4 Å². The molecule has 18 heavy (non-hydrogen) atoms. The predicted octanol–water partition coefficient (Wildman–Crippen LogP) is 2.49. The van der Waals surface area contributed by atoms with E-state index in [0.717, 1.165) is 11.3 Å². The minimum atomic E-state index is -1.07. The molecule has 0 saturated carbocycles. The number of carboxylic acid groups (broad SMARTS) is 1. The van der Waals surface area contributed by atoms with Crippen molar-refractivity contribution >= 4 is 17.6 Å². The van der Waals surface area contributed by atoms with Crippen molar-refractivity contribution < 1.29 is 9.90 Å². The molecule has 5 nitrogen and oxygen atoms in total. The number of carboxylic acids is 1. The van der Waals surface area contributed by atoms with Crippen molar-refractivity contribution in [3.05, 3.63) is 40.2 Å². The molecule has 0 amide bonds. The van der Waals surface area contributed by atoms with Gasteiger partial charge in [-0.2, -0.15) is 0 Å². The highest BCUT2D eigenvalue weighted by molar-refractivity contribution is 6.31. The lowest BCUT2D eigenvalue weighted by Crippen LogP contribution is -2.06. The maximum Gasteiger partial charge on any atom is 0.358 e. The van der Waals surface area contributed by atoms with Crippen LogP contribution in [0.3, 0.4) is 0 Å². The summed E-state index contributed by atoms with van der Waals surface area (Å²) in [6.07, 6.45) is 0.538. The molecular formula is C12H12ClN3O2. The van der Waals surface area contributed by atoms with Crippen LogP contribution in [0.2, 0.25) is 5.02 Å². The molecule has 0 unspecified atom stereocenters. The van der Waals surface area contributed by atoms with Gasteiger partial charge in [0.15, 0.2) is 5.69 Å². The summed E-state index contributed by atoms with van der Waals surface area (Å²) in [6.45, 7) is 3.75. The Bertz CT molecular complexity index is 607. The number of hydrogen-bond acceptors (Lipinski definition) is 3. The van der Waals surface area contributed by atoms with Gasteiger partial charge in [-0.05, 0) is 37.1 Å². The molecule has 0 bridgehead atoms. The summed E-state index contributed by atoms with van der Waals surface area (Å²) in [5.41, 5.74) is 2.23. The molecule has 1 heterocycles. The predicted molar refractivity (Wildman–Crippen MR) is 67.4 cm³/mol. The molecule has 2 rings (SSSR count). The third-order valence-corrected chi connectivity index (χ3v) is 3.11. The van der Waals surface area contributed by atoms with Crippen LogP contribution in [-0.4, -0.2) is 26.1 Å². The average molecular weight is 266 g/mol. The molecule has 1 aromatic carbocycles. The third kappa shape index (κ3) is 2.09. The zero-order valence-electron chi connectivity index (χ0n) is 10.0. The Hall–Kier alpha value is -1.88. The first-order valence-corrected chi connectivity index (χ1v) is 5.86. The van der Waals surface area contributed by atoms with Gasteiger partial charge < -0.3 is 5.11 Å². The van der Waals surface area contributed by atoms with Crippen molar-refractivity contribution in [2.75, 3.05) is 0 Å². The van der Waals surface area contributed by atoms with E-state index >= 15 is 0 Å². The van der Waals surface area contributed by atoms with Crippen LogP contribution < -0.4 is 0 Å². The Kier molecular flexibility index (Phi) is 3.34. The van der Waals surface area contributed by atoms with Gasteiger partial charge in [-0.25, -0.2) is 9.48 Å². The van der Waals surface area contributed by atoms with Crippen molar-refractivity contribution in [3.63, 3.8) is 0 Å². The van der Waals surface area contributed by atoms with E-state index in [4.69, 9.17) is 16.7 Å². The molecule has 6 heteroatoms. The number of aromatic carboxylic acids is 1. The molecule has 0 aliphatic carbocycles. The van der Waals surface area contributed by atoms with Crippen LogP contribution >= 0.6 is 11.6 Å². The second-order valence-corrected chi connectivity index (χ2v) is 4.30. The van der Waals surface area contributed by atoms with Gasteiger partial charge in [0.1, 0.15) is 0 Å². The fourth-order valence-electron chi connectivity index (χ4n) is 1.75. The van der Waals surface area contributed by atoms with E-state index in [1.54, 1.807) is 12.1 Å². The second kappa shape index (κ2) is 4.78. The summed E-state index contributed by atoms with van der Waals surface area (Å²) in [7, 11) is 0. The molecule has 0 atom stereocenters. The summed E-state index contributed by atoms with van der Waals surface area (Å²) in [6, 6.07) is 5.39. The lowest BCUT2D eigenvalue weighted by molar-refractivity contribution is 0.0689.